The molecule has 0 aromatic heterocycles. The quantitative estimate of drug-likeness (QED) is 0.681. The van der Waals surface area contributed by atoms with Crippen LogP contribution in [-0.2, 0) is 4.79 Å². The summed E-state index contributed by atoms with van der Waals surface area (Å²) < 4.78 is 12.0. The highest BCUT2D eigenvalue weighted by molar-refractivity contribution is 5.75. The molecule has 0 aliphatic heterocycles. The lowest BCUT2D eigenvalue weighted by Gasteiger charge is -2.22. The fourth-order valence-corrected chi connectivity index (χ4v) is 1.40. The summed E-state index contributed by atoms with van der Waals surface area (Å²) in [4.78, 5) is 10.7. The van der Waals surface area contributed by atoms with Gasteiger partial charge in [-0.15, -0.1) is 0 Å². The largest absolute Gasteiger partial charge is 0.481 e. The van der Waals surface area contributed by atoms with Crippen LogP contribution in [0.5, 0.6) is 0 Å². The summed E-state index contributed by atoms with van der Waals surface area (Å²) in [5.41, 5.74) is -0.797. The summed E-state index contributed by atoms with van der Waals surface area (Å²) in [6.45, 7) is 1.12. The average molecular weight is 160 g/mol. The van der Waals surface area contributed by atoms with Crippen LogP contribution < -0.4 is 0 Å². The van der Waals surface area contributed by atoms with Gasteiger partial charge in [-0.25, -0.2) is 0 Å². The Morgan fingerprint density at radius 3 is 2.55 bits per heavy atom. The van der Waals surface area contributed by atoms with Crippen LogP contribution in [0.1, 0.15) is 26.2 Å². The van der Waals surface area contributed by atoms with E-state index in [-0.39, 0.29) is 12.3 Å². The highest BCUT2D eigenvalue weighted by Gasteiger charge is 2.46. The second-order valence-electron chi connectivity index (χ2n) is 3.44. The first-order valence-corrected chi connectivity index (χ1v) is 3.90. The van der Waals surface area contributed by atoms with Gasteiger partial charge in [0.05, 0.1) is 12.1 Å². The maximum absolute atomic E-state index is 12.0. The van der Waals surface area contributed by atoms with Gasteiger partial charge in [-0.05, 0) is 32.1 Å². The standard InChI is InChI=1S/C8H13FO2/c1-8(4-5-9,7(10)11)6-2-3-6/h6H,2-5H2,1H3,(H,10,11). The molecule has 0 heterocycles. The van der Waals surface area contributed by atoms with Gasteiger partial charge in [-0.2, -0.15) is 0 Å². The molecule has 1 rings (SSSR count). The van der Waals surface area contributed by atoms with Crippen molar-refractivity contribution in [2.45, 2.75) is 26.2 Å². The van der Waals surface area contributed by atoms with Crippen molar-refractivity contribution in [1.29, 1.82) is 0 Å². The number of halogens is 1. The van der Waals surface area contributed by atoms with E-state index in [9.17, 15) is 9.18 Å². The second-order valence-corrected chi connectivity index (χ2v) is 3.44. The molecule has 1 atom stereocenters. The summed E-state index contributed by atoms with van der Waals surface area (Å²) >= 11 is 0. The van der Waals surface area contributed by atoms with Crippen molar-refractivity contribution in [2.75, 3.05) is 6.67 Å². The summed E-state index contributed by atoms with van der Waals surface area (Å²) in [6, 6.07) is 0. The maximum Gasteiger partial charge on any atom is 0.309 e. The molecule has 0 radical (unpaired) electrons. The Balaban J connectivity index is 2.61. The maximum atomic E-state index is 12.0. The zero-order chi connectivity index (χ0) is 8.48. The summed E-state index contributed by atoms with van der Waals surface area (Å²) in [7, 11) is 0. The minimum absolute atomic E-state index is 0.160. The van der Waals surface area contributed by atoms with E-state index in [1.165, 1.54) is 0 Å². The van der Waals surface area contributed by atoms with Gasteiger partial charge >= 0.3 is 5.97 Å². The van der Waals surface area contributed by atoms with E-state index in [0.717, 1.165) is 12.8 Å². The normalized spacial score (nSPS) is 22.7. The van der Waals surface area contributed by atoms with Gasteiger partial charge in [-0.1, -0.05) is 0 Å². The van der Waals surface area contributed by atoms with Crippen LogP contribution in [0, 0.1) is 11.3 Å². The molecule has 1 fully saturated rings. The van der Waals surface area contributed by atoms with Crippen LogP contribution in [-0.4, -0.2) is 17.8 Å². The van der Waals surface area contributed by atoms with E-state index >= 15 is 0 Å². The lowest BCUT2D eigenvalue weighted by Crippen LogP contribution is -2.30. The molecule has 0 spiro atoms. The topological polar surface area (TPSA) is 37.3 Å². The van der Waals surface area contributed by atoms with Crippen molar-refractivity contribution in [2.24, 2.45) is 11.3 Å². The molecule has 11 heavy (non-hydrogen) atoms. The van der Waals surface area contributed by atoms with E-state index in [1.54, 1.807) is 6.92 Å². The molecule has 0 aromatic rings. The Kier molecular flexibility index (Phi) is 2.16. The monoisotopic (exact) mass is 160 g/mol. The Morgan fingerprint density at radius 2 is 2.27 bits per heavy atom. The predicted molar refractivity (Wildman–Crippen MR) is 39.1 cm³/mol. The minimum atomic E-state index is -0.849. The van der Waals surface area contributed by atoms with Gasteiger partial charge in [0.25, 0.3) is 0 Å². The number of rotatable bonds is 4. The number of alkyl halides is 1. The smallest absolute Gasteiger partial charge is 0.309 e. The summed E-state index contributed by atoms with van der Waals surface area (Å²) in [6.07, 6.45) is 2.05. The molecule has 3 heteroatoms. The van der Waals surface area contributed by atoms with Gasteiger partial charge in [0.2, 0.25) is 0 Å². The Morgan fingerprint density at radius 1 is 1.73 bits per heavy atom. The lowest BCUT2D eigenvalue weighted by molar-refractivity contribution is -0.150. The number of carbonyl (C=O) groups is 1. The number of carboxylic acid groups (broad SMARTS) is 1. The van der Waals surface area contributed by atoms with Crippen LogP contribution in [0.25, 0.3) is 0 Å². The van der Waals surface area contributed by atoms with Crippen LogP contribution >= 0.6 is 0 Å². The minimum Gasteiger partial charge on any atom is -0.481 e. The predicted octanol–water partition coefficient (Wildman–Crippen LogP) is 1.85. The molecule has 64 valence electrons. The molecule has 1 unspecified atom stereocenters. The molecule has 1 N–H and O–H groups in total. The highest BCUT2D eigenvalue weighted by Crippen LogP contribution is 2.47. The van der Waals surface area contributed by atoms with Crippen molar-refractivity contribution in [3.8, 4) is 0 Å². The fourth-order valence-electron chi connectivity index (χ4n) is 1.40. The zero-order valence-corrected chi connectivity index (χ0v) is 6.64. The molecular weight excluding hydrogens is 147 g/mol. The molecule has 1 saturated carbocycles. The number of hydrogen-bond donors (Lipinski definition) is 1. The Labute approximate surface area is 65.4 Å². The SMILES string of the molecule is CC(CCF)(C(=O)O)C1CC1. The van der Waals surface area contributed by atoms with Crippen molar-refractivity contribution < 1.29 is 14.3 Å². The van der Waals surface area contributed by atoms with E-state index in [0.29, 0.717) is 0 Å². The van der Waals surface area contributed by atoms with Gasteiger partial charge in [-0.3, -0.25) is 9.18 Å². The third kappa shape index (κ3) is 1.52. The first-order chi connectivity index (χ1) is 5.11. The van der Waals surface area contributed by atoms with E-state index in [4.69, 9.17) is 5.11 Å². The molecule has 0 bridgehead atoms. The molecule has 0 amide bonds. The van der Waals surface area contributed by atoms with Crippen molar-refractivity contribution >= 4 is 5.97 Å². The van der Waals surface area contributed by atoms with Gasteiger partial charge in [0.15, 0.2) is 0 Å². The van der Waals surface area contributed by atoms with Crippen LogP contribution in [0.2, 0.25) is 0 Å². The van der Waals surface area contributed by atoms with Crippen molar-refractivity contribution in [1.82, 2.24) is 0 Å². The van der Waals surface area contributed by atoms with Gasteiger partial charge < -0.3 is 5.11 Å². The van der Waals surface area contributed by atoms with Crippen LogP contribution in [0.4, 0.5) is 4.39 Å². The first-order valence-electron chi connectivity index (χ1n) is 3.90. The number of hydrogen-bond acceptors (Lipinski definition) is 1. The van der Waals surface area contributed by atoms with Crippen molar-refractivity contribution in [3.63, 3.8) is 0 Å². The number of carboxylic acids is 1. The molecular formula is C8H13FO2. The first kappa shape index (κ1) is 8.50. The second kappa shape index (κ2) is 2.80. The molecule has 1 aliphatic carbocycles. The third-order valence-corrected chi connectivity index (χ3v) is 2.58. The van der Waals surface area contributed by atoms with E-state index < -0.39 is 18.1 Å². The number of aliphatic carboxylic acids is 1. The van der Waals surface area contributed by atoms with E-state index in [1.807, 2.05) is 0 Å². The third-order valence-electron chi connectivity index (χ3n) is 2.58. The van der Waals surface area contributed by atoms with E-state index in [2.05, 4.69) is 0 Å². The molecule has 1 aliphatic rings. The van der Waals surface area contributed by atoms with Crippen molar-refractivity contribution in [3.05, 3.63) is 0 Å². The summed E-state index contributed by atoms with van der Waals surface area (Å²) in [5.74, 6) is -0.631. The van der Waals surface area contributed by atoms with Gasteiger partial charge in [0, 0.05) is 0 Å². The molecule has 2 nitrogen and oxygen atoms in total. The van der Waals surface area contributed by atoms with Gasteiger partial charge in [0.1, 0.15) is 0 Å². The zero-order valence-electron chi connectivity index (χ0n) is 6.64. The average Bonchev–Trinajstić information content (AvgIpc) is 2.68. The Hall–Kier alpha value is -0.600. The highest BCUT2D eigenvalue weighted by atomic mass is 19.1. The Bertz CT molecular complexity index is 165. The molecule has 0 aromatic carbocycles. The lowest BCUT2D eigenvalue weighted by atomic mass is 9.82. The van der Waals surface area contributed by atoms with Crippen LogP contribution in [0.3, 0.4) is 0 Å². The molecule has 0 saturated heterocycles. The summed E-state index contributed by atoms with van der Waals surface area (Å²) in [5, 5.41) is 8.81. The van der Waals surface area contributed by atoms with Crippen LogP contribution in [0.15, 0.2) is 0 Å². The fraction of sp³-hybridized carbons (Fsp3) is 0.875.